The zero-order chi connectivity index (χ0) is 11.6. The van der Waals surface area contributed by atoms with Crippen molar-refractivity contribution in [2.75, 3.05) is 11.5 Å². The fourth-order valence-electron chi connectivity index (χ4n) is 1.42. The van der Waals surface area contributed by atoms with Crippen LogP contribution < -0.4 is 11.5 Å². The third kappa shape index (κ3) is 2.55. The second-order valence-electron chi connectivity index (χ2n) is 3.38. The Bertz CT molecular complexity index is 335. The molecular formula is C10H13F3N2. The number of nitrogen functional groups attached to an aromatic ring is 2. The van der Waals surface area contributed by atoms with E-state index in [4.69, 9.17) is 11.5 Å². The van der Waals surface area contributed by atoms with Crippen molar-refractivity contribution < 1.29 is 13.2 Å². The summed E-state index contributed by atoms with van der Waals surface area (Å²) in [6, 6.07) is 1.86. The lowest BCUT2D eigenvalue weighted by atomic mass is 10.0. The predicted octanol–water partition coefficient (Wildman–Crippen LogP) is 2.82. The second kappa shape index (κ2) is 4.00. The van der Waals surface area contributed by atoms with E-state index < -0.39 is 11.7 Å². The third-order valence-electron chi connectivity index (χ3n) is 2.15. The van der Waals surface area contributed by atoms with Crippen LogP contribution in [-0.4, -0.2) is 0 Å². The van der Waals surface area contributed by atoms with Gasteiger partial charge in [0.25, 0.3) is 0 Å². The van der Waals surface area contributed by atoms with Crippen LogP contribution in [0.5, 0.6) is 0 Å². The predicted molar refractivity (Wildman–Crippen MR) is 54.3 cm³/mol. The van der Waals surface area contributed by atoms with Gasteiger partial charge < -0.3 is 11.5 Å². The first kappa shape index (κ1) is 11.7. The van der Waals surface area contributed by atoms with Gasteiger partial charge in [-0.1, -0.05) is 13.3 Å². The molecule has 0 aliphatic carbocycles. The molecule has 0 bridgehead atoms. The molecule has 1 aromatic rings. The molecular weight excluding hydrogens is 205 g/mol. The van der Waals surface area contributed by atoms with Crippen LogP contribution in [0.4, 0.5) is 24.5 Å². The van der Waals surface area contributed by atoms with Crippen LogP contribution in [0.2, 0.25) is 0 Å². The summed E-state index contributed by atoms with van der Waals surface area (Å²) in [6.07, 6.45) is -3.01. The van der Waals surface area contributed by atoms with Crippen LogP contribution in [0, 0.1) is 0 Å². The van der Waals surface area contributed by atoms with Crippen LogP contribution in [0.25, 0.3) is 0 Å². The van der Waals surface area contributed by atoms with Gasteiger partial charge in [-0.05, 0) is 24.1 Å². The molecule has 0 unspecified atom stereocenters. The van der Waals surface area contributed by atoms with Crippen molar-refractivity contribution in [3.63, 3.8) is 0 Å². The molecule has 1 aromatic carbocycles. The number of nitrogens with two attached hydrogens (primary N) is 2. The molecule has 0 saturated carbocycles. The normalized spacial score (nSPS) is 11.7. The first-order valence-electron chi connectivity index (χ1n) is 4.61. The van der Waals surface area contributed by atoms with E-state index in [2.05, 4.69) is 0 Å². The number of rotatable bonds is 2. The smallest absolute Gasteiger partial charge is 0.398 e. The lowest BCUT2D eigenvalue weighted by Crippen LogP contribution is -2.09. The Labute approximate surface area is 86.1 Å². The van der Waals surface area contributed by atoms with E-state index in [1.165, 1.54) is 0 Å². The highest BCUT2D eigenvalue weighted by atomic mass is 19.4. The zero-order valence-electron chi connectivity index (χ0n) is 8.36. The summed E-state index contributed by atoms with van der Waals surface area (Å²) >= 11 is 0. The molecule has 0 amide bonds. The van der Waals surface area contributed by atoms with Crippen LogP contribution in [0.1, 0.15) is 24.5 Å². The molecule has 84 valence electrons. The molecule has 0 saturated heterocycles. The zero-order valence-corrected chi connectivity index (χ0v) is 8.36. The van der Waals surface area contributed by atoms with Crippen molar-refractivity contribution in [2.24, 2.45) is 0 Å². The number of benzene rings is 1. The van der Waals surface area contributed by atoms with Gasteiger partial charge in [0.2, 0.25) is 0 Å². The number of hydrogen-bond acceptors (Lipinski definition) is 2. The summed E-state index contributed by atoms with van der Waals surface area (Å²) in [7, 11) is 0. The van der Waals surface area contributed by atoms with E-state index in [1.807, 2.05) is 6.92 Å². The molecule has 0 aliphatic rings. The molecule has 0 spiro atoms. The molecule has 2 nitrogen and oxygen atoms in total. The Morgan fingerprint density at radius 2 is 1.60 bits per heavy atom. The van der Waals surface area contributed by atoms with Gasteiger partial charge in [0.15, 0.2) is 0 Å². The summed E-state index contributed by atoms with van der Waals surface area (Å²) in [5.41, 5.74) is 11.1. The Balaban J connectivity index is 3.19. The largest absolute Gasteiger partial charge is 0.416 e. The van der Waals surface area contributed by atoms with Gasteiger partial charge in [0.1, 0.15) is 0 Å². The van der Waals surface area contributed by atoms with E-state index in [-0.39, 0.29) is 11.4 Å². The summed E-state index contributed by atoms with van der Waals surface area (Å²) in [6.45, 7) is 1.91. The van der Waals surface area contributed by atoms with E-state index in [0.717, 1.165) is 18.6 Å². The minimum atomic E-state index is -4.40. The monoisotopic (exact) mass is 218 g/mol. The van der Waals surface area contributed by atoms with Gasteiger partial charge in [-0.2, -0.15) is 13.2 Å². The van der Waals surface area contributed by atoms with Gasteiger partial charge in [-0.15, -0.1) is 0 Å². The van der Waals surface area contributed by atoms with Crippen molar-refractivity contribution in [2.45, 2.75) is 25.9 Å². The first-order chi connectivity index (χ1) is 6.86. The third-order valence-corrected chi connectivity index (χ3v) is 2.15. The van der Waals surface area contributed by atoms with Gasteiger partial charge in [-0.25, -0.2) is 0 Å². The van der Waals surface area contributed by atoms with Gasteiger partial charge in [-0.3, -0.25) is 0 Å². The molecule has 4 N–H and O–H groups in total. The quantitative estimate of drug-likeness (QED) is 0.750. The fourth-order valence-corrected chi connectivity index (χ4v) is 1.42. The van der Waals surface area contributed by atoms with Gasteiger partial charge in [0.05, 0.1) is 5.56 Å². The summed E-state index contributed by atoms with van der Waals surface area (Å²) < 4.78 is 37.1. The number of alkyl halides is 3. The first-order valence-corrected chi connectivity index (χ1v) is 4.61. The van der Waals surface area contributed by atoms with E-state index in [9.17, 15) is 13.2 Å². The summed E-state index contributed by atoms with van der Waals surface area (Å²) in [5.74, 6) is 0. The van der Waals surface area contributed by atoms with Crippen molar-refractivity contribution in [3.8, 4) is 0 Å². The van der Waals surface area contributed by atoms with E-state index in [1.54, 1.807) is 0 Å². The van der Waals surface area contributed by atoms with Crippen molar-refractivity contribution in [1.29, 1.82) is 0 Å². The maximum absolute atomic E-state index is 12.4. The highest BCUT2D eigenvalue weighted by Gasteiger charge is 2.31. The standard InChI is InChI=1S/C10H13F3N2/c1-2-3-7-8(14)4-6(5-9(7)15)10(11,12)13/h4-5H,2-3,14-15H2,1H3. The molecule has 0 aromatic heterocycles. The maximum Gasteiger partial charge on any atom is 0.416 e. The topological polar surface area (TPSA) is 52.0 Å². The van der Waals surface area contributed by atoms with Crippen molar-refractivity contribution in [3.05, 3.63) is 23.3 Å². The second-order valence-corrected chi connectivity index (χ2v) is 3.38. The Morgan fingerprint density at radius 3 is 1.93 bits per heavy atom. The highest BCUT2D eigenvalue weighted by Crippen LogP contribution is 2.34. The summed E-state index contributed by atoms with van der Waals surface area (Å²) in [4.78, 5) is 0. The Morgan fingerprint density at radius 1 is 1.13 bits per heavy atom. The highest BCUT2D eigenvalue weighted by molar-refractivity contribution is 5.63. The number of hydrogen-bond donors (Lipinski definition) is 2. The molecule has 0 atom stereocenters. The van der Waals surface area contributed by atoms with E-state index in [0.29, 0.717) is 12.0 Å². The molecule has 0 fully saturated rings. The van der Waals surface area contributed by atoms with Gasteiger partial charge >= 0.3 is 6.18 Å². The molecule has 0 heterocycles. The molecule has 15 heavy (non-hydrogen) atoms. The van der Waals surface area contributed by atoms with Crippen LogP contribution in [0.15, 0.2) is 12.1 Å². The molecule has 0 aliphatic heterocycles. The SMILES string of the molecule is CCCc1c(N)cc(C(F)(F)F)cc1N. The lowest BCUT2D eigenvalue weighted by molar-refractivity contribution is -0.137. The Hall–Kier alpha value is -1.39. The average Bonchev–Trinajstić information content (AvgIpc) is 2.09. The fraction of sp³-hybridized carbons (Fsp3) is 0.400. The van der Waals surface area contributed by atoms with Gasteiger partial charge in [0, 0.05) is 11.4 Å². The Kier molecular flexibility index (Phi) is 3.12. The molecule has 0 radical (unpaired) electrons. The summed E-state index contributed by atoms with van der Waals surface area (Å²) in [5, 5.41) is 0. The van der Waals surface area contributed by atoms with Crippen LogP contribution in [0.3, 0.4) is 0 Å². The average molecular weight is 218 g/mol. The minimum Gasteiger partial charge on any atom is -0.398 e. The molecule has 5 heteroatoms. The van der Waals surface area contributed by atoms with Crippen molar-refractivity contribution >= 4 is 11.4 Å². The van der Waals surface area contributed by atoms with E-state index >= 15 is 0 Å². The van der Waals surface area contributed by atoms with Crippen LogP contribution in [-0.2, 0) is 12.6 Å². The number of anilines is 2. The maximum atomic E-state index is 12.4. The minimum absolute atomic E-state index is 0.115. The van der Waals surface area contributed by atoms with Crippen molar-refractivity contribution in [1.82, 2.24) is 0 Å². The molecule has 1 rings (SSSR count). The number of halogens is 3. The lowest BCUT2D eigenvalue weighted by Gasteiger charge is -2.13. The van der Waals surface area contributed by atoms with Crippen LogP contribution >= 0.6 is 0 Å².